The smallest absolute Gasteiger partial charge is 0.232 e. The predicted molar refractivity (Wildman–Crippen MR) is 113 cm³/mol. The molecule has 2 aromatic rings. The van der Waals surface area contributed by atoms with Crippen LogP contribution in [-0.4, -0.2) is 44.2 Å². The van der Waals surface area contributed by atoms with Gasteiger partial charge in [-0.25, -0.2) is 15.0 Å². The molecule has 27 heavy (non-hydrogen) atoms. The Labute approximate surface area is 169 Å². The van der Waals surface area contributed by atoms with Gasteiger partial charge < -0.3 is 15.5 Å². The quantitative estimate of drug-likeness (QED) is 0.328. The molecule has 0 amide bonds. The maximum absolute atomic E-state index is 5.30. The van der Waals surface area contributed by atoms with Crippen LogP contribution >= 0.6 is 24.0 Å². The zero-order chi connectivity index (χ0) is 19.1. The fourth-order valence-electron chi connectivity index (χ4n) is 2.85. The molecule has 0 aliphatic carbocycles. The van der Waals surface area contributed by atoms with Crippen LogP contribution in [0.5, 0.6) is 0 Å². The maximum Gasteiger partial charge on any atom is 0.232 e. The Morgan fingerprint density at radius 2 is 2.19 bits per heavy atom. The summed E-state index contributed by atoms with van der Waals surface area (Å²) in [4.78, 5) is 20.1. The molecule has 3 rings (SSSR count). The summed E-state index contributed by atoms with van der Waals surface area (Å²) in [6, 6.07) is 4.23. The number of anilines is 2. The van der Waals surface area contributed by atoms with E-state index < -0.39 is 0 Å². The zero-order valence-corrected chi connectivity index (χ0v) is 16.9. The van der Waals surface area contributed by atoms with E-state index in [1.807, 2.05) is 6.07 Å². The molecule has 3 heterocycles. The van der Waals surface area contributed by atoms with Crippen molar-refractivity contribution in [2.45, 2.75) is 42.4 Å². The lowest BCUT2D eigenvalue weighted by atomic mass is 10.0. The van der Waals surface area contributed by atoms with Gasteiger partial charge in [0.15, 0.2) is 10.3 Å². The van der Waals surface area contributed by atoms with Crippen LogP contribution in [0.15, 0.2) is 47.4 Å². The summed E-state index contributed by atoms with van der Waals surface area (Å²) in [5, 5.41) is 7.99. The first-order chi connectivity index (χ1) is 13.2. The van der Waals surface area contributed by atoms with Gasteiger partial charge >= 0.3 is 0 Å². The fourth-order valence-corrected chi connectivity index (χ4v) is 3.73. The second-order valence-corrected chi connectivity index (χ2v) is 7.58. The van der Waals surface area contributed by atoms with E-state index in [4.69, 9.17) is 17.2 Å². The molecule has 7 nitrogen and oxygen atoms in total. The summed E-state index contributed by atoms with van der Waals surface area (Å²) in [5.41, 5.74) is 0. The van der Waals surface area contributed by atoms with Gasteiger partial charge in [-0.3, -0.25) is 0 Å². The highest BCUT2D eigenvalue weighted by Gasteiger charge is 2.21. The number of thiocarbonyl (C=S) groups is 1. The highest BCUT2D eigenvalue weighted by atomic mass is 32.2. The van der Waals surface area contributed by atoms with Gasteiger partial charge in [0.1, 0.15) is 10.8 Å². The van der Waals surface area contributed by atoms with Crippen molar-refractivity contribution >= 4 is 40.9 Å². The highest BCUT2D eigenvalue weighted by molar-refractivity contribution is 7.99. The second kappa shape index (κ2) is 9.61. The van der Waals surface area contributed by atoms with E-state index in [2.05, 4.69) is 44.0 Å². The number of nitrogens with zero attached hydrogens (tertiary/aromatic N) is 5. The fraction of sp³-hybridized carbons (Fsp3) is 0.389. The predicted octanol–water partition coefficient (Wildman–Crippen LogP) is 3.27. The highest BCUT2D eigenvalue weighted by Crippen LogP contribution is 2.29. The topological polar surface area (TPSA) is 78.9 Å². The van der Waals surface area contributed by atoms with Crippen LogP contribution in [0.2, 0.25) is 0 Å². The Morgan fingerprint density at radius 1 is 1.37 bits per heavy atom. The maximum atomic E-state index is 5.30. The summed E-state index contributed by atoms with van der Waals surface area (Å²) >= 11 is 6.71. The molecule has 1 fully saturated rings. The molecule has 0 aromatic carbocycles. The number of rotatable bonds is 6. The molecule has 0 radical (unpaired) electrons. The van der Waals surface area contributed by atoms with Crippen molar-refractivity contribution in [3.05, 3.63) is 37.2 Å². The lowest BCUT2D eigenvalue weighted by Gasteiger charge is -2.34. The molecule has 0 unspecified atom stereocenters. The number of aromatic nitrogens is 4. The molecule has 2 N–H and O–H groups in total. The number of nitrogens with one attached hydrogen (secondary N) is 2. The minimum absolute atomic E-state index is 0.443. The van der Waals surface area contributed by atoms with E-state index in [0.717, 1.165) is 23.8 Å². The summed E-state index contributed by atoms with van der Waals surface area (Å²) in [6.45, 7) is 7.48. The summed E-state index contributed by atoms with van der Waals surface area (Å²) in [5.74, 6) is 1.36. The van der Waals surface area contributed by atoms with Gasteiger partial charge in [-0.1, -0.05) is 6.08 Å². The third kappa shape index (κ3) is 5.61. The molecule has 2 aromatic heterocycles. The van der Waals surface area contributed by atoms with Crippen LogP contribution in [0.1, 0.15) is 26.2 Å². The number of piperidine rings is 1. The average Bonchev–Trinajstić information content (AvgIpc) is 2.67. The van der Waals surface area contributed by atoms with E-state index in [1.54, 1.807) is 24.5 Å². The first-order valence-electron chi connectivity index (χ1n) is 8.92. The van der Waals surface area contributed by atoms with Gasteiger partial charge in [0, 0.05) is 37.6 Å². The number of hydrogen-bond donors (Lipinski definition) is 2. The molecule has 0 spiro atoms. The lowest BCUT2D eigenvalue weighted by Crippen LogP contribution is -2.38. The van der Waals surface area contributed by atoms with Gasteiger partial charge in [-0.05, 0) is 56.2 Å². The lowest BCUT2D eigenvalue weighted by molar-refractivity contribution is 0.480. The largest absolute Gasteiger partial charge is 0.359 e. The van der Waals surface area contributed by atoms with Gasteiger partial charge in [-0.2, -0.15) is 4.98 Å². The normalized spacial score (nSPS) is 16.6. The molecule has 142 valence electrons. The van der Waals surface area contributed by atoms with Crippen molar-refractivity contribution in [3.63, 3.8) is 0 Å². The Hall–Kier alpha value is -2.26. The molecular formula is C18H23N7S2. The Bertz CT molecular complexity index is 785. The molecule has 1 saturated heterocycles. The first-order valence-corrected chi connectivity index (χ1v) is 10.1. The molecule has 0 saturated carbocycles. The van der Waals surface area contributed by atoms with E-state index in [0.29, 0.717) is 28.8 Å². The van der Waals surface area contributed by atoms with Crippen molar-refractivity contribution < 1.29 is 0 Å². The third-order valence-corrected chi connectivity index (χ3v) is 5.21. The van der Waals surface area contributed by atoms with E-state index >= 15 is 0 Å². The average molecular weight is 402 g/mol. The minimum Gasteiger partial charge on any atom is -0.359 e. The molecule has 1 atom stereocenters. The minimum atomic E-state index is 0.443. The molecular weight excluding hydrogens is 378 g/mol. The van der Waals surface area contributed by atoms with Crippen LogP contribution in [0, 0.1) is 0 Å². The van der Waals surface area contributed by atoms with Crippen molar-refractivity contribution in [1.82, 2.24) is 25.3 Å². The van der Waals surface area contributed by atoms with Crippen LogP contribution in [0.3, 0.4) is 0 Å². The Morgan fingerprint density at radius 3 is 2.93 bits per heavy atom. The third-order valence-electron chi connectivity index (χ3n) is 4.16. The van der Waals surface area contributed by atoms with Gasteiger partial charge in [0.2, 0.25) is 5.95 Å². The SMILES string of the molecule is C=CCNC(=S)Nc1nc(Sc2ncccn2)cc(N2CCCC[C@H]2C)n1. The van der Waals surface area contributed by atoms with Gasteiger partial charge in [-0.15, -0.1) is 6.58 Å². The standard InChI is InChI=1S/C18H23N7S2/c1-3-8-19-17(26)24-16-22-14(25-11-5-4-7-13(25)2)12-15(23-16)27-18-20-9-6-10-21-18/h3,6,9-10,12-13H,1,4-5,7-8,11H2,2H3,(H2,19,22,23,24,26)/t13-/m1/s1. The van der Waals surface area contributed by atoms with Crippen molar-refractivity contribution in [2.24, 2.45) is 0 Å². The van der Waals surface area contributed by atoms with Crippen molar-refractivity contribution in [1.29, 1.82) is 0 Å². The first kappa shape index (κ1) is 19.5. The molecule has 1 aliphatic heterocycles. The van der Waals surface area contributed by atoms with Gasteiger partial charge in [0.05, 0.1) is 0 Å². The summed E-state index contributed by atoms with van der Waals surface area (Å²) < 4.78 is 0. The van der Waals surface area contributed by atoms with E-state index in [-0.39, 0.29) is 0 Å². The second-order valence-electron chi connectivity index (χ2n) is 6.18. The van der Waals surface area contributed by atoms with Crippen molar-refractivity contribution in [3.8, 4) is 0 Å². The van der Waals surface area contributed by atoms with Crippen LogP contribution in [0.25, 0.3) is 0 Å². The molecule has 1 aliphatic rings. The Balaban J connectivity index is 1.86. The van der Waals surface area contributed by atoms with Crippen LogP contribution < -0.4 is 15.5 Å². The summed E-state index contributed by atoms with van der Waals surface area (Å²) in [6.07, 6.45) is 8.77. The molecule has 9 heteroatoms. The van der Waals surface area contributed by atoms with Gasteiger partial charge in [0.25, 0.3) is 0 Å². The van der Waals surface area contributed by atoms with Crippen LogP contribution in [-0.2, 0) is 0 Å². The van der Waals surface area contributed by atoms with Crippen LogP contribution in [0.4, 0.5) is 11.8 Å². The Kier molecular flexibility index (Phi) is 6.94. The molecule has 0 bridgehead atoms. The van der Waals surface area contributed by atoms with E-state index in [9.17, 15) is 0 Å². The number of hydrogen-bond acceptors (Lipinski definition) is 7. The zero-order valence-electron chi connectivity index (χ0n) is 15.3. The monoisotopic (exact) mass is 401 g/mol. The summed E-state index contributed by atoms with van der Waals surface area (Å²) in [7, 11) is 0. The van der Waals surface area contributed by atoms with Crippen molar-refractivity contribution in [2.75, 3.05) is 23.3 Å². The van der Waals surface area contributed by atoms with E-state index in [1.165, 1.54) is 24.6 Å².